The summed E-state index contributed by atoms with van der Waals surface area (Å²) in [5, 5.41) is 11.6. The second-order valence-electron chi connectivity index (χ2n) is 10.7. The SMILES string of the molecule is CCOc1cc([C@H]2C(=C(O)c3ccc4c(c3)OCCO4)C(=O)C(=O)N2CCN2CCOCC2)ccc1OCc1ccccc1. The van der Waals surface area contributed by atoms with Crippen LogP contribution in [0.2, 0.25) is 0 Å². The molecule has 3 aromatic carbocycles. The summed E-state index contributed by atoms with van der Waals surface area (Å²) >= 11 is 0. The summed E-state index contributed by atoms with van der Waals surface area (Å²) in [6, 6.07) is 19.4. The Labute approximate surface area is 256 Å². The molecule has 0 aromatic heterocycles. The van der Waals surface area contributed by atoms with Gasteiger partial charge in [0.25, 0.3) is 11.7 Å². The number of morpholine rings is 1. The molecule has 1 amide bonds. The average molecular weight is 601 g/mol. The van der Waals surface area contributed by atoms with Gasteiger partial charge in [-0.25, -0.2) is 0 Å². The number of hydrogen-bond donors (Lipinski definition) is 1. The summed E-state index contributed by atoms with van der Waals surface area (Å²) in [5.74, 6) is 0.369. The molecule has 3 aliphatic heterocycles. The highest BCUT2D eigenvalue weighted by molar-refractivity contribution is 6.46. The van der Waals surface area contributed by atoms with Crippen LogP contribution in [0.1, 0.15) is 29.7 Å². The van der Waals surface area contributed by atoms with Crippen molar-refractivity contribution in [2.45, 2.75) is 19.6 Å². The van der Waals surface area contributed by atoms with Gasteiger partial charge < -0.3 is 33.7 Å². The van der Waals surface area contributed by atoms with Crippen molar-refractivity contribution in [3.05, 3.63) is 89.0 Å². The highest BCUT2D eigenvalue weighted by Crippen LogP contribution is 2.43. The maximum atomic E-state index is 13.6. The molecule has 0 radical (unpaired) electrons. The number of carbonyl (C=O) groups excluding carboxylic acids is 2. The third-order valence-electron chi connectivity index (χ3n) is 7.94. The van der Waals surface area contributed by atoms with E-state index in [-0.39, 0.29) is 11.3 Å². The van der Waals surface area contributed by atoms with Gasteiger partial charge >= 0.3 is 0 Å². The lowest BCUT2D eigenvalue weighted by molar-refractivity contribution is -0.140. The molecule has 3 aliphatic rings. The molecule has 0 unspecified atom stereocenters. The number of aliphatic hydroxyl groups is 1. The Morgan fingerprint density at radius 2 is 1.64 bits per heavy atom. The number of carbonyl (C=O) groups is 2. The fraction of sp³-hybridized carbons (Fsp3) is 0.353. The predicted molar refractivity (Wildman–Crippen MR) is 162 cm³/mol. The van der Waals surface area contributed by atoms with Crippen LogP contribution in [0.3, 0.4) is 0 Å². The lowest BCUT2D eigenvalue weighted by Gasteiger charge is -2.31. The predicted octanol–water partition coefficient (Wildman–Crippen LogP) is 4.19. The summed E-state index contributed by atoms with van der Waals surface area (Å²) in [4.78, 5) is 30.9. The normalized spacial score (nSPS) is 19.7. The summed E-state index contributed by atoms with van der Waals surface area (Å²) in [6.07, 6.45) is 0. The lowest BCUT2D eigenvalue weighted by Crippen LogP contribution is -2.42. The summed E-state index contributed by atoms with van der Waals surface area (Å²) in [6.45, 7) is 7.01. The van der Waals surface area contributed by atoms with Gasteiger partial charge in [0.05, 0.1) is 31.4 Å². The van der Waals surface area contributed by atoms with E-state index >= 15 is 0 Å². The van der Waals surface area contributed by atoms with Crippen molar-refractivity contribution in [2.24, 2.45) is 0 Å². The molecule has 2 saturated heterocycles. The number of Topliss-reactive ketones (excluding diaryl/α,β-unsaturated/α-hetero) is 1. The van der Waals surface area contributed by atoms with E-state index in [0.717, 1.165) is 18.7 Å². The van der Waals surface area contributed by atoms with Gasteiger partial charge in [0.15, 0.2) is 23.0 Å². The Kier molecular flexibility index (Phi) is 8.99. The highest BCUT2D eigenvalue weighted by Gasteiger charge is 2.46. The average Bonchev–Trinajstić information content (AvgIpc) is 3.32. The number of amides is 1. The molecule has 3 aromatic rings. The van der Waals surface area contributed by atoms with Crippen LogP contribution in [0.5, 0.6) is 23.0 Å². The number of ether oxygens (including phenoxy) is 5. The molecular formula is C34H36N2O8. The molecule has 0 bridgehead atoms. The zero-order valence-electron chi connectivity index (χ0n) is 24.7. The fourth-order valence-corrected chi connectivity index (χ4v) is 5.69. The molecule has 2 fully saturated rings. The van der Waals surface area contributed by atoms with Crippen molar-refractivity contribution in [2.75, 3.05) is 59.2 Å². The van der Waals surface area contributed by atoms with E-state index in [0.29, 0.717) is 86.9 Å². The second-order valence-corrected chi connectivity index (χ2v) is 10.7. The lowest BCUT2D eigenvalue weighted by atomic mass is 9.94. The number of nitrogens with zero attached hydrogens (tertiary/aromatic N) is 2. The van der Waals surface area contributed by atoms with Crippen LogP contribution in [-0.2, 0) is 20.9 Å². The van der Waals surface area contributed by atoms with Gasteiger partial charge in [0.2, 0.25) is 0 Å². The maximum Gasteiger partial charge on any atom is 0.295 e. The molecule has 10 nitrogen and oxygen atoms in total. The number of hydrogen-bond acceptors (Lipinski definition) is 9. The second kappa shape index (κ2) is 13.4. The number of rotatable bonds is 10. The third kappa shape index (κ3) is 6.22. The van der Waals surface area contributed by atoms with Gasteiger partial charge in [-0.1, -0.05) is 36.4 Å². The van der Waals surface area contributed by atoms with Crippen LogP contribution in [0.25, 0.3) is 5.76 Å². The molecular weight excluding hydrogens is 564 g/mol. The number of likely N-dealkylation sites (tertiary alicyclic amines) is 1. The van der Waals surface area contributed by atoms with Crippen molar-refractivity contribution in [1.29, 1.82) is 0 Å². The topological polar surface area (TPSA) is 107 Å². The zero-order chi connectivity index (χ0) is 30.5. The molecule has 0 spiro atoms. The molecule has 3 heterocycles. The molecule has 6 rings (SSSR count). The van der Waals surface area contributed by atoms with Gasteiger partial charge in [0.1, 0.15) is 25.6 Å². The maximum absolute atomic E-state index is 13.6. The summed E-state index contributed by atoms with van der Waals surface area (Å²) in [7, 11) is 0. The molecule has 1 atom stereocenters. The Balaban J connectivity index is 1.37. The molecule has 230 valence electrons. The van der Waals surface area contributed by atoms with Crippen molar-refractivity contribution in [3.8, 4) is 23.0 Å². The van der Waals surface area contributed by atoms with E-state index in [1.807, 2.05) is 43.3 Å². The minimum Gasteiger partial charge on any atom is -0.507 e. The van der Waals surface area contributed by atoms with E-state index < -0.39 is 17.7 Å². The Hall–Kier alpha value is -4.54. The molecule has 0 saturated carbocycles. The minimum atomic E-state index is -0.841. The number of fused-ring (bicyclic) bond motifs is 1. The van der Waals surface area contributed by atoms with E-state index in [4.69, 9.17) is 23.7 Å². The first kappa shape index (κ1) is 29.5. The molecule has 10 heteroatoms. The van der Waals surface area contributed by atoms with E-state index in [9.17, 15) is 14.7 Å². The molecule has 0 aliphatic carbocycles. The Morgan fingerprint density at radius 1 is 0.864 bits per heavy atom. The first-order valence-electron chi connectivity index (χ1n) is 15.0. The van der Waals surface area contributed by atoms with Crippen molar-refractivity contribution in [1.82, 2.24) is 9.80 Å². The van der Waals surface area contributed by atoms with E-state index in [1.165, 1.54) is 4.90 Å². The van der Waals surface area contributed by atoms with Gasteiger partial charge in [-0.2, -0.15) is 0 Å². The standard InChI is InChI=1S/C34H36N2O8/c1-2-41-28-20-24(8-10-27(28)44-22-23-6-4-3-5-7-23)31-30(32(37)25-9-11-26-29(21-25)43-19-18-42-26)33(38)34(39)36(31)13-12-35-14-16-40-17-15-35/h3-11,20-21,31,37H,2,12-19,22H2,1H3/t31-/m0/s1. The summed E-state index contributed by atoms with van der Waals surface area (Å²) < 4.78 is 28.9. The minimum absolute atomic E-state index is 0.00839. The van der Waals surface area contributed by atoms with Gasteiger partial charge in [-0.3, -0.25) is 14.5 Å². The van der Waals surface area contributed by atoms with Crippen LogP contribution in [0.4, 0.5) is 0 Å². The van der Waals surface area contributed by atoms with Gasteiger partial charge in [-0.05, 0) is 48.4 Å². The highest BCUT2D eigenvalue weighted by atomic mass is 16.6. The van der Waals surface area contributed by atoms with Crippen molar-refractivity contribution < 1.29 is 38.4 Å². The summed E-state index contributed by atoms with van der Waals surface area (Å²) in [5.41, 5.74) is 2.00. The quantitative estimate of drug-likeness (QED) is 0.208. The molecule has 1 N–H and O–H groups in total. The fourth-order valence-electron chi connectivity index (χ4n) is 5.69. The number of ketones is 1. The molecule has 44 heavy (non-hydrogen) atoms. The first-order chi connectivity index (χ1) is 21.5. The van der Waals surface area contributed by atoms with Crippen LogP contribution in [0.15, 0.2) is 72.3 Å². The zero-order valence-corrected chi connectivity index (χ0v) is 24.7. The first-order valence-corrected chi connectivity index (χ1v) is 15.0. The van der Waals surface area contributed by atoms with Gasteiger partial charge in [0, 0.05) is 31.7 Å². The third-order valence-corrected chi connectivity index (χ3v) is 7.94. The van der Waals surface area contributed by atoms with Crippen LogP contribution < -0.4 is 18.9 Å². The van der Waals surface area contributed by atoms with E-state index in [1.54, 1.807) is 30.3 Å². The smallest absolute Gasteiger partial charge is 0.295 e. The Morgan fingerprint density at radius 3 is 2.41 bits per heavy atom. The van der Waals surface area contributed by atoms with E-state index in [2.05, 4.69) is 4.90 Å². The monoisotopic (exact) mass is 600 g/mol. The number of aliphatic hydroxyl groups excluding tert-OH is 1. The van der Waals surface area contributed by atoms with Crippen molar-refractivity contribution in [3.63, 3.8) is 0 Å². The van der Waals surface area contributed by atoms with Crippen LogP contribution in [-0.4, -0.2) is 85.8 Å². The van der Waals surface area contributed by atoms with Gasteiger partial charge in [-0.15, -0.1) is 0 Å². The van der Waals surface area contributed by atoms with Crippen molar-refractivity contribution >= 4 is 17.4 Å². The largest absolute Gasteiger partial charge is 0.507 e. The van der Waals surface area contributed by atoms with Crippen LogP contribution in [0, 0.1) is 0 Å². The van der Waals surface area contributed by atoms with Crippen LogP contribution >= 0.6 is 0 Å². The number of benzene rings is 3. The Bertz CT molecular complexity index is 1530.